The molecule has 0 spiro atoms. The van der Waals surface area contributed by atoms with Crippen LogP contribution in [0.3, 0.4) is 0 Å². The van der Waals surface area contributed by atoms with E-state index in [4.69, 9.17) is 9.84 Å². The lowest BCUT2D eigenvalue weighted by atomic mass is 10.0. The van der Waals surface area contributed by atoms with E-state index in [1.54, 1.807) is 11.8 Å². The first-order valence-electron chi connectivity index (χ1n) is 6.85. The van der Waals surface area contributed by atoms with Crippen LogP contribution in [0.25, 0.3) is 0 Å². The van der Waals surface area contributed by atoms with Crippen molar-refractivity contribution in [3.05, 3.63) is 29.8 Å². The molecule has 114 valence electrons. The van der Waals surface area contributed by atoms with Crippen LogP contribution in [0, 0.1) is 12.8 Å². The van der Waals surface area contributed by atoms with Gasteiger partial charge in [-0.3, -0.25) is 9.59 Å². The Labute approximate surface area is 128 Å². The summed E-state index contributed by atoms with van der Waals surface area (Å²) in [6.07, 6.45) is 0.362. The molecule has 0 aliphatic carbocycles. The van der Waals surface area contributed by atoms with E-state index in [-0.39, 0.29) is 19.1 Å². The van der Waals surface area contributed by atoms with Crippen LogP contribution in [0.15, 0.2) is 29.2 Å². The topological polar surface area (TPSA) is 75.6 Å². The number of aliphatic carboxylic acids is 1. The third-order valence-electron chi connectivity index (χ3n) is 3.36. The molecule has 0 radical (unpaired) electrons. The minimum Gasteiger partial charge on any atom is -0.481 e. The van der Waals surface area contributed by atoms with Gasteiger partial charge in [-0.05, 0) is 19.1 Å². The number of amides is 1. The van der Waals surface area contributed by atoms with E-state index in [2.05, 4.69) is 5.32 Å². The fraction of sp³-hybridized carbons (Fsp3) is 0.467. The van der Waals surface area contributed by atoms with E-state index < -0.39 is 17.9 Å². The van der Waals surface area contributed by atoms with Gasteiger partial charge in [-0.1, -0.05) is 17.7 Å². The van der Waals surface area contributed by atoms with Crippen molar-refractivity contribution in [2.24, 2.45) is 5.92 Å². The smallest absolute Gasteiger partial charge is 0.311 e. The van der Waals surface area contributed by atoms with Crippen molar-refractivity contribution in [1.82, 2.24) is 5.32 Å². The van der Waals surface area contributed by atoms with Gasteiger partial charge in [-0.15, -0.1) is 11.8 Å². The first-order chi connectivity index (χ1) is 10.1. The van der Waals surface area contributed by atoms with Gasteiger partial charge in [0.2, 0.25) is 5.91 Å². The van der Waals surface area contributed by atoms with Crippen LogP contribution in [0.5, 0.6) is 0 Å². The summed E-state index contributed by atoms with van der Waals surface area (Å²) in [6.45, 7) is 2.47. The zero-order chi connectivity index (χ0) is 15.2. The zero-order valence-corrected chi connectivity index (χ0v) is 12.7. The fourth-order valence-corrected chi connectivity index (χ4v) is 2.97. The van der Waals surface area contributed by atoms with Crippen molar-refractivity contribution in [3.8, 4) is 0 Å². The first-order valence-corrected chi connectivity index (χ1v) is 7.84. The van der Waals surface area contributed by atoms with Gasteiger partial charge in [-0.25, -0.2) is 0 Å². The summed E-state index contributed by atoms with van der Waals surface area (Å²) in [5.41, 5.74) is 1.21. The van der Waals surface area contributed by atoms with Crippen LogP contribution < -0.4 is 5.32 Å². The van der Waals surface area contributed by atoms with Gasteiger partial charge in [0.05, 0.1) is 19.3 Å². The van der Waals surface area contributed by atoms with Crippen molar-refractivity contribution in [2.75, 3.05) is 19.0 Å². The quantitative estimate of drug-likeness (QED) is 0.782. The van der Waals surface area contributed by atoms with E-state index in [0.29, 0.717) is 12.2 Å². The van der Waals surface area contributed by atoms with Crippen LogP contribution in [0.1, 0.15) is 12.0 Å². The molecule has 2 N–H and O–H groups in total. The number of hydrogen-bond donors (Lipinski definition) is 2. The molecule has 1 saturated heterocycles. The Morgan fingerprint density at radius 3 is 2.71 bits per heavy atom. The number of rotatable bonds is 6. The molecule has 2 rings (SSSR count). The van der Waals surface area contributed by atoms with Gasteiger partial charge in [0.15, 0.2) is 0 Å². The molecule has 0 aromatic heterocycles. The normalized spacial score (nSPS) is 21.2. The van der Waals surface area contributed by atoms with E-state index in [0.717, 1.165) is 4.90 Å². The second-order valence-corrected chi connectivity index (χ2v) is 6.24. The maximum atomic E-state index is 11.8. The summed E-state index contributed by atoms with van der Waals surface area (Å²) < 4.78 is 5.12. The summed E-state index contributed by atoms with van der Waals surface area (Å²) in [4.78, 5) is 23.9. The van der Waals surface area contributed by atoms with E-state index in [1.165, 1.54) is 5.56 Å². The standard InChI is InChI=1S/C15H19NO4S/c1-10-2-4-11(5-3-10)21-7-6-14(17)16-13-9-20-8-12(13)15(18)19/h2-5,12-13H,6-9H2,1H3,(H,16,17)(H,18,19). The van der Waals surface area contributed by atoms with Gasteiger partial charge in [0, 0.05) is 17.1 Å². The third-order valence-corrected chi connectivity index (χ3v) is 4.38. The van der Waals surface area contributed by atoms with Crippen LogP contribution >= 0.6 is 11.8 Å². The molecular formula is C15H19NO4S. The predicted octanol–water partition coefficient (Wildman–Crippen LogP) is 1.69. The number of aryl methyl sites for hydroxylation is 1. The number of carboxylic acid groups (broad SMARTS) is 1. The van der Waals surface area contributed by atoms with E-state index >= 15 is 0 Å². The number of thioether (sulfide) groups is 1. The molecule has 21 heavy (non-hydrogen) atoms. The Bertz CT molecular complexity index is 503. The number of carbonyl (C=O) groups is 2. The molecule has 1 aliphatic rings. The Balaban J connectivity index is 1.72. The molecule has 1 heterocycles. The lowest BCUT2D eigenvalue weighted by Crippen LogP contribution is -2.42. The van der Waals surface area contributed by atoms with E-state index in [1.807, 2.05) is 31.2 Å². The molecule has 2 atom stereocenters. The fourth-order valence-electron chi connectivity index (χ4n) is 2.11. The molecule has 5 nitrogen and oxygen atoms in total. The molecule has 1 aliphatic heterocycles. The summed E-state index contributed by atoms with van der Waals surface area (Å²) in [5, 5.41) is 11.8. The number of hydrogen-bond acceptors (Lipinski definition) is 4. The highest BCUT2D eigenvalue weighted by Gasteiger charge is 2.34. The van der Waals surface area contributed by atoms with Crippen molar-refractivity contribution in [1.29, 1.82) is 0 Å². The van der Waals surface area contributed by atoms with Gasteiger partial charge < -0.3 is 15.2 Å². The average Bonchev–Trinajstić information content (AvgIpc) is 2.89. The Morgan fingerprint density at radius 2 is 2.05 bits per heavy atom. The summed E-state index contributed by atoms with van der Waals surface area (Å²) >= 11 is 1.61. The van der Waals surface area contributed by atoms with Crippen LogP contribution in [0.2, 0.25) is 0 Å². The first kappa shape index (κ1) is 15.9. The third kappa shape index (κ3) is 4.75. The number of carbonyl (C=O) groups excluding carboxylic acids is 1. The highest BCUT2D eigenvalue weighted by atomic mass is 32.2. The van der Waals surface area contributed by atoms with Gasteiger partial charge >= 0.3 is 5.97 Å². The number of benzene rings is 1. The molecule has 1 aromatic rings. The number of carboxylic acids is 1. The SMILES string of the molecule is Cc1ccc(SCCC(=O)NC2COCC2C(=O)O)cc1. The van der Waals surface area contributed by atoms with Gasteiger partial charge in [0.1, 0.15) is 5.92 Å². The highest BCUT2D eigenvalue weighted by Crippen LogP contribution is 2.19. The van der Waals surface area contributed by atoms with E-state index in [9.17, 15) is 9.59 Å². The molecule has 0 saturated carbocycles. The van der Waals surface area contributed by atoms with Gasteiger partial charge in [-0.2, -0.15) is 0 Å². The Hall–Kier alpha value is -1.53. The molecule has 6 heteroatoms. The lowest BCUT2D eigenvalue weighted by Gasteiger charge is -2.15. The molecule has 1 amide bonds. The van der Waals surface area contributed by atoms with Crippen molar-refractivity contribution in [3.63, 3.8) is 0 Å². The maximum Gasteiger partial charge on any atom is 0.311 e. The zero-order valence-electron chi connectivity index (χ0n) is 11.9. The average molecular weight is 309 g/mol. The minimum absolute atomic E-state index is 0.128. The van der Waals surface area contributed by atoms with Gasteiger partial charge in [0.25, 0.3) is 0 Å². The maximum absolute atomic E-state index is 11.8. The molecule has 2 unspecified atom stereocenters. The number of nitrogens with one attached hydrogen (secondary N) is 1. The molecule has 1 fully saturated rings. The minimum atomic E-state index is -0.924. The molecule has 0 bridgehead atoms. The summed E-state index contributed by atoms with van der Waals surface area (Å²) in [5.74, 6) is -1.03. The number of ether oxygens (including phenoxy) is 1. The second-order valence-electron chi connectivity index (χ2n) is 5.07. The largest absolute Gasteiger partial charge is 0.481 e. The van der Waals surface area contributed by atoms with Crippen molar-refractivity contribution >= 4 is 23.6 Å². The molecular weight excluding hydrogens is 290 g/mol. The van der Waals surface area contributed by atoms with Crippen LogP contribution in [-0.4, -0.2) is 42.0 Å². The Morgan fingerprint density at radius 1 is 1.33 bits per heavy atom. The second kappa shape index (κ2) is 7.47. The van der Waals surface area contributed by atoms with Crippen LogP contribution in [-0.2, 0) is 14.3 Å². The monoisotopic (exact) mass is 309 g/mol. The van der Waals surface area contributed by atoms with Crippen LogP contribution in [0.4, 0.5) is 0 Å². The van der Waals surface area contributed by atoms with Crippen molar-refractivity contribution in [2.45, 2.75) is 24.3 Å². The summed E-state index contributed by atoms with van der Waals surface area (Å²) in [7, 11) is 0. The Kier molecular flexibility index (Phi) is 5.64. The lowest BCUT2D eigenvalue weighted by molar-refractivity contribution is -0.142. The summed E-state index contributed by atoms with van der Waals surface area (Å²) in [6, 6.07) is 7.72. The molecule has 1 aromatic carbocycles. The highest BCUT2D eigenvalue weighted by molar-refractivity contribution is 7.99. The predicted molar refractivity (Wildman–Crippen MR) is 80.4 cm³/mol. The van der Waals surface area contributed by atoms with Crippen molar-refractivity contribution < 1.29 is 19.4 Å².